The Kier molecular flexibility index (Phi) is 3.64. The van der Waals surface area contributed by atoms with Crippen molar-refractivity contribution in [3.05, 3.63) is 0 Å². The fraction of sp³-hybridized carbons (Fsp3) is 0.667. The van der Waals surface area contributed by atoms with Gasteiger partial charge in [0.1, 0.15) is 0 Å². The fourth-order valence-corrected chi connectivity index (χ4v) is 0.686. The van der Waals surface area contributed by atoms with Crippen LogP contribution >= 0.6 is 12.4 Å². The lowest BCUT2D eigenvalue weighted by molar-refractivity contribution is 0.152. The first-order valence-corrected chi connectivity index (χ1v) is 2.73. The number of rotatable bonds is 0. The van der Waals surface area contributed by atoms with Crippen LogP contribution in [0.25, 0.3) is 0 Å². The molecule has 0 saturated heterocycles. The molecule has 1 aliphatic rings. The average molecular weight is 148 g/mol. The van der Waals surface area contributed by atoms with Gasteiger partial charge in [-0.3, -0.25) is 0 Å². The number of hydrogen-bond donors (Lipinski definition) is 2. The van der Waals surface area contributed by atoms with Crippen LogP contribution in [0.1, 0.15) is 12.8 Å². The molecule has 0 spiro atoms. The Balaban J connectivity index is 0.000000640. The van der Waals surface area contributed by atoms with Gasteiger partial charge >= 0.3 is 0 Å². The zero-order valence-corrected chi connectivity index (χ0v) is 5.82. The van der Waals surface area contributed by atoms with E-state index < -0.39 is 6.10 Å². The summed E-state index contributed by atoms with van der Waals surface area (Å²) in [5.74, 6) is 5.54. The van der Waals surface area contributed by atoms with Crippen LogP contribution in [0.4, 0.5) is 0 Å². The van der Waals surface area contributed by atoms with E-state index in [0.29, 0.717) is 0 Å². The SMILES string of the molecule is Cl.N[C@@H]1C#CCC[C@H]1O. The van der Waals surface area contributed by atoms with Gasteiger partial charge in [-0.05, 0) is 6.42 Å². The van der Waals surface area contributed by atoms with Gasteiger partial charge in [-0.2, -0.15) is 0 Å². The van der Waals surface area contributed by atoms with E-state index in [1.54, 1.807) is 0 Å². The summed E-state index contributed by atoms with van der Waals surface area (Å²) in [7, 11) is 0. The molecule has 0 amide bonds. The predicted octanol–water partition coefficient (Wildman–Crippen LogP) is -0.106. The van der Waals surface area contributed by atoms with Crippen LogP contribution in [-0.2, 0) is 0 Å². The molecule has 3 heteroatoms. The van der Waals surface area contributed by atoms with Crippen molar-refractivity contribution in [2.24, 2.45) is 5.73 Å². The molecule has 3 N–H and O–H groups in total. The van der Waals surface area contributed by atoms with Gasteiger partial charge in [0.25, 0.3) is 0 Å². The lowest BCUT2D eigenvalue weighted by Gasteiger charge is -2.14. The molecule has 0 aromatic carbocycles. The molecule has 0 aromatic rings. The summed E-state index contributed by atoms with van der Waals surface area (Å²) in [5.41, 5.74) is 5.35. The highest BCUT2D eigenvalue weighted by atomic mass is 35.5. The van der Waals surface area contributed by atoms with Gasteiger partial charge < -0.3 is 10.8 Å². The van der Waals surface area contributed by atoms with Gasteiger partial charge in [0.15, 0.2) is 0 Å². The van der Waals surface area contributed by atoms with Gasteiger partial charge in [-0.15, -0.1) is 18.3 Å². The van der Waals surface area contributed by atoms with Crippen molar-refractivity contribution in [3.8, 4) is 11.8 Å². The van der Waals surface area contributed by atoms with Crippen LogP contribution in [0.15, 0.2) is 0 Å². The van der Waals surface area contributed by atoms with Crippen LogP contribution in [0.5, 0.6) is 0 Å². The molecule has 0 heterocycles. The van der Waals surface area contributed by atoms with E-state index in [2.05, 4.69) is 11.8 Å². The van der Waals surface area contributed by atoms with Crippen molar-refractivity contribution < 1.29 is 5.11 Å². The highest BCUT2D eigenvalue weighted by molar-refractivity contribution is 5.85. The van der Waals surface area contributed by atoms with Crippen LogP contribution in [-0.4, -0.2) is 17.3 Å². The molecule has 9 heavy (non-hydrogen) atoms. The number of halogens is 1. The number of aliphatic hydroxyl groups is 1. The minimum Gasteiger partial charge on any atom is -0.390 e. The molecule has 2 nitrogen and oxygen atoms in total. The lowest BCUT2D eigenvalue weighted by Crippen LogP contribution is -2.34. The van der Waals surface area contributed by atoms with Crippen molar-refractivity contribution in [2.75, 3.05) is 0 Å². The number of hydrogen-bond acceptors (Lipinski definition) is 2. The maximum Gasteiger partial charge on any atom is 0.0927 e. The Morgan fingerprint density at radius 1 is 1.56 bits per heavy atom. The maximum absolute atomic E-state index is 8.95. The van der Waals surface area contributed by atoms with Crippen molar-refractivity contribution in [1.29, 1.82) is 0 Å². The van der Waals surface area contributed by atoms with E-state index >= 15 is 0 Å². The Hall–Kier alpha value is -0.230. The first-order chi connectivity index (χ1) is 3.80. The van der Waals surface area contributed by atoms with E-state index in [1.807, 2.05) is 0 Å². The van der Waals surface area contributed by atoms with E-state index in [9.17, 15) is 0 Å². The van der Waals surface area contributed by atoms with Gasteiger partial charge in [0, 0.05) is 6.42 Å². The van der Waals surface area contributed by atoms with Crippen molar-refractivity contribution in [3.63, 3.8) is 0 Å². The van der Waals surface area contributed by atoms with Crippen molar-refractivity contribution >= 4 is 12.4 Å². The topological polar surface area (TPSA) is 46.2 Å². The summed E-state index contributed by atoms with van der Waals surface area (Å²) in [6.07, 6.45) is 1.12. The predicted molar refractivity (Wildman–Crippen MR) is 38.2 cm³/mol. The summed E-state index contributed by atoms with van der Waals surface area (Å²) in [5, 5.41) is 8.95. The summed E-state index contributed by atoms with van der Waals surface area (Å²) in [6, 6.07) is -0.302. The standard InChI is InChI=1S/C6H9NO.ClH/c7-5-3-1-2-4-6(5)8;/h5-6,8H,2,4,7H2;1H/t5-,6-;/m1./s1. The van der Waals surface area contributed by atoms with Crippen LogP contribution in [0.2, 0.25) is 0 Å². The number of aliphatic hydroxyl groups excluding tert-OH is 1. The Morgan fingerprint density at radius 3 is 2.56 bits per heavy atom. The molecule has 52 valence electrons. The third-order valence-electron chi connectivity index (χ3n) is 1.25. The summed E-state index contributed by atoms with van der Waals surface area (Å²) in [4.78, 5) is 0. The Morgan fingerprint density at radius 2 is 2.22 bits per heavy atom. The molecule has 0 unspecified atom stereocenters. The second kappa shape index (κ2) is 3.73. The number of nitrogens with two attached hydrogens (primary N) is 1. The molecule has 0 bridgehead atoms. The molecule has 1 aliphatic carbocycles. The van der Waals surface area contributed by atoms with E-state index in [-0.39, 0.29) is 18.4 Å². The molecular weight excluding hydrogens is 138 g/mol. The van der Waals surface area contributed by atoms with Gasteiger partial charge in [-0.25, -0.2) is 0 Å². The van der Waals surface area contributed by atoms with Gasteiger partial charge in [0.05, 0.1) is 12.1 Å². The highest BCUT2D eigenvalue weighted by Gasteiger charge is 2.13. The Labute approximate surface area is 60.8 Å². The van der Waals surface area contributed by atoms with Crippen LogP contribution in [0.3, 0.4) is 0 Å². The van der Waals surface area contributed by atoms with Crippen LogP contribution in [0, 0.1) is 11.8 Å². The van der Waals surface area contributed by atoms with E-state index in [0.717, 1.165) is 12.8 Å². The first kappa shape index (κ1) is 8.77. The summed E-state index contributed by atoms with van der Waals surface area (Å²) < 4.78 is 0. The molecule has 1 rings (SSSR count). The quantitative estimate of drug-likeness (QED) is 0.470. The normalized spacial score (nSPS) is 31.8. The second-order valence-electron chi connectivity index (χ2n) is 1.95. The smallest absolute Gasteiger partial charge is 0.0927 e. The van der Waals surface area contributed by atoms with Crippen molar-refractivity contribution in [1.82, 2.24) is 0 Å². The molecule has 0 aliphatic heterocycles. The van der Waals surface area contributed by atoms with Gasteiger partial charge in [-0.1, -0.05) is 5.92 Å². The fourth-order valence-electron chi connectivity index (χ4n) is 0.686. The minimum absolute atomic E-state index is 0. The molecule has 0 saturated carbocycles. The first-order valence-electron chi connectivity index (χ1n) is 2.73. The lowest BCUT2D eigenvalue weighted by atomic mass is 10.0. The largest absolute Gasteiger partial charge is 0.390 e. The summed E-state index contributed by atoms with van der Waals surface area (Å²) in [6.45, 7) is 0. The average Bonchev–Trinajstić information content (AvgIpc) is 1.77. The molecular formula is C6H10ClNO. The highest BCUT2D eigenvalue weighted by Crippen LogP contribution is 2.03. The van der Waals surface area contributed by atoms with Crippen molar-refractivity contribution in [2.45, 2.75) is 25.0 Å². The molecule has 0 aromatic heterocycles. The molecule has 0 fully saturated rings. The Bertz CT molecular complexity index is 138. The minimum atomic E-state index is -0.392. The van der Waals surface area contributed by atoms with E-state index in [4.69, 9.17) is 10.8 Å². The third kappa shape index (κ3) is 2.23. The molecule has 0 radical (unpaired) electrons. The third-order valence-corrected chi connectivity index (χ3v) is 1.25. The zero-order valence-electron chi connectivity index (χ0n) is 5.00. The molecule has 2 atom stereocenters. The van der Waals surface area contributed by atoms with E-state index in [1.165, 1.54) is 0 Å². The second-order valence-corrected chi connectivity index (χ2v) is 1.95. The van der Waals surface area contributed by atoms with Gasteiger partial charge in [0.2, 0.25) is 0 Å². The zero-order chi connectivity index (χ0) is 5.98. The van der Waals surface area contributed by atoms with Crippen LogP contribution < -0.4 is 5.73 Å². The maximum atomic E-state index is 8.95. The summed E-state index contributed by atoms with van der Waals surface area (Å²) >= 11 is 0. The monoisotopic (exact) mass is 147 g/mol.